The van der Waals surface area contributed by atoms with E-state index in [1.807, 2.05) is 13.8 Å². The van der Waals surface area contributed by atoms with Crippen molar-refractivity contribution in [1.82, 2.24) is 4.90 Å². The molecule has 0 unspecified atom stereocenters. The van der Waals surface area contributed by atoms with E-state index >= 15 is 0 Å². The number of benzene rings is 1. The van der Waals surface area contributed by atoms with Crippen LogP contribution >= 0.6 is 0 Å². The third-order valence-electron chi connectivity index (χ3n) is 3.49. The summed E-state index contributed by atoms with van der Waals surface area (Å²) < 4.78 is 15.9. The predicted octanol–water partition coefficient (Wildman–Crippen LogP) is 1.62. The smallest absolute Gasteiger partial charge is 0.314 e. The average molecular weight is 324 g/mol. The quantitative estimate of drug-likeness (QED) is 0.604. The molecule has 0 spiro atoms. The minimum atomic E-state index is -0.568. The van der Waals surface area contributed by atoms with Crippen LogP contribution in [0.15, 0.2) is 18.2 Å². The molecule has 2 rings (SSSR count). The molecule has 1 aliphatic heterocycles. The Morgan fingerprint density at radius 3 is 2.61 bits per heavy atom. The van der Waals surface area contributed by atoms with Gasteiger partial charge in [0.15, 0.2) is 12.4 Å². The molecule has 126 valence electrons. The summed E-state index contributed by atoms with van der Waals surface area (Å²) in [5.41, 5.74) is -0.235. The van der Waals surface area contributed by atoms with Gasteiger partial charge in [0.2, 0.25) is 0 Å². The number of morpholine rings is 1. The lowest BCUT2D eigenvalue weighted by Crippen LogP contribution is -2.49. The molecule has 1 aliphatic rings. The molecular formula is C15H20N2O6. The molecule has 1 aromatic rings. The number of nitro groups is 1. The van der Waals surface area contributed by atoms with Gasteiger partial charge in [-0.25, -0.2) is 0 Å². The van der Waals surface area contributed by atoms with E-state index < -0.39 is 4.92 Å². The van der Waals surface area contributed by atoms with Crippen LogP contribution in [0.5, 0.6) is 11.5 Å². The number of nitro benzene ring substituents is 1. The number of carbonyl (C=O) groups is 1. The molecule has 0 bridgehead atoms. The zero-order valence-corrected chi connectivity index (χ0v) is 13.4. The second-order valence-corrected chi connectivity index (χ2v) is 5.44. The van der Waals surface area contributed by atoms with Crippen molar-refractivity contribution in [2.75, 3.05) is 26.8 Å². The maximum Gasteiger partial charge on any atom is 0.314 e. The van der Waals surface area contributed by atoms with Gasteiger partial charge in [0.05, 0.1) is 30.3 Å². The third-order valence-corrected chi connectivity index (χ3v) is 3.49. The molecule has 0 aromatic heterocycles. The number of rotatable bonds is 5. The SMILES string of the molecule is COc1ccc(OCC(=O)N2C[C@H](C)O[C@@H](C)C2)c([N+](=O)[O-])c1. The van der Waals surface area contributed by atoms with Crippen LogP contribution in [-0.4, -0.2) is 54.7 Å². The van der Waals surface area contributed by atoms with E-state index in [0.29, 0.717) is 18.8 Å². The van der Waals surface area contributed by atoms with Gasteiger partial charge in [0.1, 0.15) is 5.75 Å². The predicted molar refractivity (Wildman–Crippen MR) is 81.7 cm³/mol. The summed E-state index contributed by atoms with van der Waals surface area (Å²) in [5, 5.41) is 11.1. The van der Waals surface area contributed by atoms with E-state index in [1.165, 1.54) is 19.2 Å². The van der Waals surface area contributed by atoms with Crippen molar-refractivity contribution >= 4 is 11.6 Å². The molecule has 1 aromatic carbocycles. The highest BCUT2D eigenvalue weighted by Crippen LogP contribution is 2.31. The van der Waals surface area contributed by atoms with Crippen molar-refractivity contribution in [2.45, 2.75) is 26.1 Å². The summed E-state index contributed by atoms with van der Waals surface area (Å²) in [6.45, 7) is 4.50. The topological polar surface area (TPSA) is 91.1 Å². The van der Waals surface area contributed by atoms with E-state index in [-0.39, 0.29) is 36.2 Å². The molecule has 2 atom stereocenters. The lowest BCUT2D eigenvalue weighted by atomic mass is 10.2. The number of hydrogen-bond acceptors (Lipinski definition) is 6. The van der Waals surface area contributed by atoms with Crippen LogP contribution in [0.1, 0.15) is 13.8 Å². The van der Waals surface area contributed by atoms with Gasteiger partial charge in [0, 0.05) is 13.1 Å². The Hall–Kier alpha value is -2.35. The van der Waals surface area contributed by atoms with Gasteiger partial charge in [-0.1, -0.05) is 0 Å². The Morgan fingerprint density at radius 2 is 2.04 bits per heavy atom. The van der Waals surface area contributed by atoms with Crippen molar-refractivity contribution in [3.63, 3.8) is 0 Å². The highest BCUT2D eigenvalue weighted by molar-refractivity contribution is 5.78. The van der Waals surface area contributed by atoms with Gasteiger partial charge in [-0.3, -0.25) is 14.9 Å². The Morgan fingerprint density at radius 1 is 1.39 bits per heavy atom. The second kappa shape index (κ2) is 7.28. The highest BCUT2D eigenvalue weighted by Gasteiger charge is 2.26. The molecule has 1 amide bonds. The van der Waals surface area contributed by atoms with Gasteiger partial charge in [-0.2, -0.15) is 0 Å². The summed E-state index contributed by atoms with van der Waals surface area (Å²) in [5.74, 6) is 0.168. The van der Waals surface area contributed by atoms with Crippen molar-refractivity contribution in [2.24, 2.45) is 0 Å². The van der Waals surface area contributed by atoms with E-state index in [4.69, 9.17) is 14.2 Å². The Balaban J connectivity index is 2.02. The van der Waals surface area contributed by atoms with Crippen LogP contribution in [-0.2, 0) is 9.53 Å². The second-order valence-electron chi connectivity index (χ2n) is 5.44. The van der Waals surface area contributed by atoms with Gasteiger partial charge in [-0.15, -0.1) is 0 Å². The normalized spacial score (nSPS) is 20.9. The number of carbonyl (C=O) groups excluding carboxylic acids is 1. The fraction of sp³-hybridized carbons (Fsp3) is 0.533. The summed E-state index contributed by atoms with van der Waals surface area (Å²) in [6.07, 6.45) is -0.0870. The molecule has 0 aliphatic carbocycles. The van der Waals surface area contributed by atoms with Crippen LogP contribution in [0, 0.1) is 10.1 Å². The first-order chi connectivity index (χ1) is 10.9. The third kappa shape index (κ3) is 4.32. The zero-order valence-electron chi connectivity index (χ0n) is 13.4. The molecule has 1 fully saturated rings. The summed E-state index contributed by atoms with van der Waals surface area (Å²) >= 11 is 0. The molecule has 0 radical (unpaired) electrons. The molecule has 0 N–H and O–H groups in total. The number of methoxy groups -OCH3 is 1. The lowest BCUT2D eigenvalue weighted by Gasteiger charge is -2.35. The van der Waals surface area contributed by atoms with Crippen molar-refractivity contribution in [3.05, 3.63) is 28.3 Å². The minimum Gasteiger partial charge on any atom is -0.496 e. The van der Waals surface area contributed by atoms with Gasteiger partial charge < -0.3 is 19.1 Å². The summed E-state index contributed by atoms with van der Waals surface area (Å²) in [7, 11) is 1.42. The zero-order chi connectivity index (χ0) is 17.0. The van der Waals surface area contributed by atoms with Crippen molar-refractivity contribution in [1.29, 1.82) is 0 Å². The molecule has 8 heteroatoms. The minimum absolute atomic E-state index is 0.0403. The fourth-order valence-electron chi connectivity index (χ4n) is 2.50. The standard InChI is InChI=1S/C15H20N2O6/c1-10-7-16(8-11(2)23-10)15(18)9-22-14-5-4-12(21-3)6-13(14)17(19)20/h4-6,10-11H,7-9H2,1-3H3/t10-,11-/m0/s1. The fourth-order valence-corrected chi connectivity index (χ4v) is 2.50. The van der Waals surface area contributed by atoms with Gasteiger partial charge in [-0.05, 0) is 26.0 Å². The first-order valence-electron chi connectivity index (χ1n) is 7.29. The first-order valence-corrected chi connectivity index (χ1v) is 7.29. The van der Waals surface area contributed by atoms with Gasteiger partial charge >= 0.3 is 5.69 Å². The van der Waals surface area contributed by atoms with Crippen molar-refractivity contribution in [3.8, 4) is 11.5 Å². The molecule has 0 saturated carbocycles. The summed E-state index contributed by atoms with van der Waals surface area (Å²) in [4.78, 5) is 24.4. The molecule has 8 nitrogen and oxygen atoms in total. The Labute approximate surface area is 134 Å². The number of hydrogen-bond donors (Lipinski definition) is 0. The van der Waals surface area contributed by atoms with E-state index in [9.17, 15) is 14.9 Å². The van der Waals surface area contributed by atoms with E-state index in [0.717, 1.165) is 0 Å². The molecule has 1 heterocycles. The van der Waals surface area contributed by atoms with Gasteiger partial charge in [0.25, 0.3) is 5.91 Å². The van der Waals surface area contributed by atoms with Crippen LogP contribution in [0.3, 0.4) is 0 Å². The monoisotopic (exact) mass is 324 g/mol. The van der Waals surface area contributed by atoms with Crippen LogP contribution in [0.2, 0.25) is 0 Å². The number of amides is 1. The molecule has 23 heavy (non-hydrogen) atoms. The first kappa shape index (κ1) is 17.0. The maximum absolute atomic E-state index is 12.2. The van der Waals surface area contributed by atoms with Crippen LogP contribution in [0.4, 0.5) is 5.69 Å². The van der Waals surface area contributed by atoms with E-state index in [1.54, 1.807) is 11.0 Å². The van der Waals surface area contributed by atoms with Crippen molar-refractivity contribution < 1.29 is 23.9 Å². The largest absolute Gasteiger partial charge is 0.496 e. The number of nitrogens with zero attached hydrogens (tertiary/aromatic N) is 2. The van der Waals surface area contributed by atoms with E-state index in [2.05, 4.69) is 0 Å². The summed E-state index contributed by atoms with van der Waals surface area (Å²) in [6, 6.07) is 4.24. The maximum atomic E-state index is 12.2. The molecule has 1 saturated heterocycles. The Kier molecular flexibility index (Phi) is 5.38. The van der Waals surface area contributed by atoms with Crippen LogP contribution in [0.25, 0.3) is 0 Å². The van der Waals surface area contributed by atoms with Crippen LogP contribution < -0.4 is 9.47 Å². The Bertz CT molecular complexity index is 581. The number of ether oxygens (including phenoxy) is 3. The lowest BCUT2D eigenvalue weighted by molar-refractivity contribution is -0.385. The molecular weight excluding hydrogens is 304 g/mol. The highest BCUT2D eigenvalue weighted by atomic mass is 16.6. The average Bonchev–Trinajstić information content (AvgIpc) is 2.51.